The minimum atomic E-state index is -3.21. The molecule has 1 aromatic heterocycles. The Morgan fingerprint density at radius 1 is 1.50 bits per heavy atom. The number of anilines is 1. The minimum Gasteiger partial charge on any atom is -0.363 e. The van der Waals surface area contributed by atoms with Gasteiger partial charge in [0.2, 0.25) is 10.0 Å². The summed E-state index contributed by atoms with van der Waals surface area (Å²) in [6.45, 7) is 0.834. The third kappa shape index (κ3) is 3.29. The fraction of sp³-hybridized carbons (Fsp3) is 0.571. The zero-order chi connectivity index (χ0) is 15.7. The summed E-state index contributed by atoms with van der Waals surface area (Å²) in [6, 6.07) is 3.51. The molecule has 1 N–H and O–H groups in total. The van der Waals surface area contributed by atoms with Crippen molar-refractivity contribution in [3.63, 3.8) is 0 Å². The van der Waals surface area contributed by atoms with E-state index in [2.05, 4.69) is 10.3 Å². The summed E-state index contributed by atoms with van der Waals surface area (Å²) in [7, 11) is -3.21. The molecule has 2 saturated heterocycles. The van der Waals surface area contributed by atoms with Crippen LogP contribution >= 0.6 is 0 Å². The van der Waals surface area contributed by atoms with Crippen molar-refractivity contribution in [2.24, 2.45) is 5.92 Å². The van der Waals surface area contributed by atoms with E-state index < -0.39 is 16.1 Å². The lowest BCUT2D eigenvalue weighted by Gasteiger charge is -2.32. The lowest BCUT2D eigenvalue weighted by atomic mass is 9.93. The number of carbonyl (C=O) groups excluding carboxylic acids is 1. The Kier molecular flexibility index (Phi) is 4.16. The number of pyridine rings is 1. The number of piperidine rings is 1. The van der Waals surface area contributed by atoms with Gasteiger partial charge in [0, 0.05) is 19.3 Å². The SMILES string of the molecule is CS(=O)(=O)N1CC[C@H]2C[C@@H](C(=O)Nc3cccnc3)O[C@H]2C1. The first-order valence-corrected chi connectivity index (χ1v) is 9.10. The predicted molar refractivity (Wildman–Crippen MR) is 80.7 cm³/mol. The van der Waals surface area contributed by atoms with Crippen molar-refractivity contribution in [2.45, 2.75) is 25.0 Å². The molecule has 2 aliphatic rings. The molecule has 0 bridgehead atoms. The first-order chi connectivity index (χ1) is 10.4. The predicted octanol–water partition coefficient (Wildman–Crippen LogP) is 0.459. The maximum atomic E-state index is 12.2. The second kappa shape index (κ2) is 5.94. The van der Waals surface area contributed by atoms with E-state index in [1.54, 1.807) is 24.5 Å². The number of nitrogens with zero attached hydrogens (tertiary/aromatic N) is 2. The molecule has 2 fully saturated rings. The lowest BCUT2D eigenvalue weighted by Crippen LogP contribution is -2.44. The van der Waals surface area contributed by atoms with Gasteiger partial charge in [-0.2, -0.15) is 4.31 Å². The van der Waals surface area contributed by atoms with Crippen LogP contribution in [0.1, 0.15) is 12.8 Å². The molecule has 3 heterocycles. The zero-order valence-corrected chi connectivity index (χ0v) is 13.1. The smallest absolute Gasteiger partial charge is 0.253 e. The summed E-state index contributed by atoms with van der Waals surface area (Å²) in [6.07, 6.45) is 5.04. The normalized spacial score (nSPS) is 29.0. The fourth-order valence-corrected chi connectivity index (χ4v) is 3.89. The third-order valence-corrected chi connectivity index (χ3v) is 5.47. The van der Waals surface area contributed by atoms with E-state index in [4.69, 9.17) is 4.74 Å². The molecule has 3 rings (SSSR count). The number of aromatic nitrogens is 1. The lowest BCUT2D eigenvalue weighted by molar-refractivity contribution is -0.127. The van der Waals surface area contributed by atoms with Crippen molar-refractivity contribution in [3.05, 3.63) is 24.5 Å². The van der Waals surface area contributed by atoms with Crippen LogP contribution in [0.25, 0.3) is 0 Å². The number of fused-ring (bicyclic) bond motifs is 1. The molecule has 0 unspecified atom stereocenters. The molecule has 3 atom stereocenters. The molecule has 8 heteroatoms. The van der Waals surface area contributed by atoms with Gasteiger partial charge in [-0.1, -0.05) is 0 Å². The van der Waals surface area contributed by atoms with Crippen LogP contribution in [0.2, 0.25) is 0 Å². The van der Waals surface area contributed by atoms with E-state index in [0.29, 0.717) is 25.2 Å². The Balaban J connectivity index is 1.61. The summed E-state index contributed by atoms with van der Waals surface area (Å²) >= 11 is 0. The number of hydrogen-bond acceptors (Lipinski definition) is 5. The van der Waals surface area contributed by atoms with Crippen LogP contribution in [0.5, 0.6) is 0 Å². The monoisotopic (exact) mass is 325 g/mol. The van der Waals surface area contributed by atoms with E-state index >= 15 is 0 Å². The number of sulfonamides is 1. The van der Waals surface area contributed by atoms with E-state index in [1.807, 2.05) is 0 Å². The van der Waals surface area contributed by atoms with E-state index in [0.717, 1.165) is 6.42 Å². The van der Waals surface area contributed by atoms with Crippen molar-refractivity contribution < 1.29 is 17.9 Å². The summed E-state index contributed by atoms with van der Waals surface area (Å²) in [5.41, 5.74) is 0.628. The van der Waals surface area contributed by atoms with E-state index in [-0.39, 0.29) is 17.9 Å². The molecule has 2 aliphatic heterocycles. The minimum absolute atomic E-state index is 0.201. The molecule has 0 radical (unpaired) electrons. The summed E-state index contributed by atoms with van der Waals surface area (Å²) < 4.78 is 30.4. The number of ether oxygens (including phenoxy) is 1. The van der Waals surface area contributed by atoms with Crippen LogP contribution in [0.3, 0.4) is 0 Å². The molecule has 0 aromatic carbocycles. The maximum absolute atomic E-state index is 12.2. The number of amides is 1. The highest BCUT2D eigenvalue weighted by molar-refractivity contribution is 7.88. The topological polar surface area (TPSA) is 88.6 Å². The Morgan fingerprint density at radius 3 is 3.00 bits per heavy atom. The molecular formula is C14H19N3O4S. The Morgan fingerprint density at radius 2 is 2.32 bits per heavy atom. The van der Waals surface area contributed by atoms with Gasteiger partial charge in [-0.15, -0.1) is 0 Å². The fourth-order valence-electron chi connectivity index (χ4n) is 3.03. The van der Waals surface area contributed by atoms with Gasteiger partial charge in [0.25, 0.3) is 5.91 Å². The molecule has 1 aromatic rings. The van der Waals surface area contributed by atoms with Crippen LogP contribution in [-0.4, -0.2) is 55.2 Å². The largest absolute Gasteiger partial charge is 0.363 e. The summed E-state index contributed by atoms with van der Waals surface area (Å²) in [5, 5.41) is 2.78. The van der Waals surface area contributed by atoms with Crippen molar-refractivity contribution in [1.29, 1.82) is 0 Å². The third-order valence-electron chi connectivity index (χ3n) is 4.21. The molecule has 1 amide bonds. The molecule has 0 aliphatic carbocycles. The average molecular weight is 325 g/mol. The van der Waals surface area contributed by atoms with E-state index in [9.17, 15) is 13.2 Å². The Labute approximate surface area is 129 Å². The average Bonchev–Trinajstić information content (AvgIpc) is 2.90. The highest BCUT2D eigenvalue weighted by Crippen LogP contribution is 2.34. The molecule has 0 saturated carbocycles. The van der Waals surface area contributed by atoms with Crippen LogP contribution in [-0.2, 0) is 19.6 Å². The van der Waals surface area contributed by atoms with Crippen molar-refractivity contribution in [1.82, 2.24) is 9.29 Å². The van der Waals surface area contributed by atoms with Gasteiger partial charge in [-0.3, -0.25) is 9.78 Å². The van der Waals surface area contributed by atoms with Gasteiger partial charge in [0.15, 0.2) is 0 Å². The highest BCUT2D eigenvalue weighted by atomic mass is 32.2. The Bertz CT molecular complexity index is 649. The second-order valence-electron chi connectivity index (χ2n) is 5.80. The van der Waals surface area contributed by atoms with Gasteiger partial charge >= 0.3 is 0 Å². The van der Waals surface area contributed by atoms with Crippen molar-refractivity contribution >= 4 is 21.6 Å². The van der Waals surface area contributed by atoms with Gasteiger partial charge in [0.05, 0.1) is 24.2 Å². The number of hydrogen-bond donors (Lipinski definition) is 1. The van der Waals surface area contributed by atoms with E-state index in [1.165, 1.54) is 10.6 Å². The van der Waals surface area contributed by atoms with Crippen LogP contribution < -0.4 is 5.32 Å². The number of nitrogens with one attached hydrogen (secondary N) is 1. The summed E-state index contributed by atoms with van der Waals surface area (Å²) in [5.74, 6) is 0.0379. The van der Waals surface area contributed by atoms with Gasteiger partial charge < -0.3 is 10.1 Å². The standard InChI is InChI=1S/C14H19N3O4S/c1-22(19,20)17-6-4-10-7-12(21-13(10)9-17)14(18)16-11-3-2-5-15-8-11/h2-3,5,8,10,12-13H,4,6-7,9H2,1H3,(H,16,18)/t10-,12-,13-/m0/s1. The molecule has 7 nitrogen and oxygen atoms in total. The zero-order valence-electron chi connectivity index (χ0n) is 12.3. The van der Waals surface area contributed by atoms with Crippen LogP contribution in [0.15, 0.2) is 24.5 Å². The van der Waals surface area contributed by atoms with Gasteiger partial charge in [-0.05, 0) is 30.9 Å². The summed E-state index contributed by atoms with van der Waals surface area (Å²) in [4.78, 5) is 16.2. The first-order valence-electron chi connectivity index (χ1n) is 7.25. The number of rotatable bonds is 3. The van der Waals surface area contributed by atoms with Gasteiger partial charge in [-0.25, -0.2) is 8.42 Å². The number of carbonyl (C=O) groups is 1. The van der Waals surface area contributed by atoms with Crippen LogP contribution in [0, 0.1) is 5.92 Å². The quantitative estimate of drug-likeness (QED) is 0.872. The van der Waals surface area contributed by atoms with Crippen molar-refractivity contribution in [2.75, 3.05) is 24.7 Å². The van der Waals surface area contributed by atoms with Gasteiger partial charge in [0.1, 0.15) is 6.10 Å². The molecule has 22 heavy (non-hydrogen) atoms. The first kappa shape index (κ1) is 15.4. The molecule has 120 valence electrons. The second-order valence-corrected chi connectivity index (χ2v) is 7.78. The Hall–Kier alpha value is -1.51. The van der Waals surface area contributed by atoms with Crippen molar-refractivity contribution in [3.8, 4) is 0 Å². The maximum Gasteiger partial charge on any atom is 0.253 e. The highest BCUT2D eigenvalue weighted by Gasteiger charge is 2.43. The van der Waals surface area contributed by atoms with Crippen LogP contribution in [0.4, 0.5) is 5.69 Å². The molecular weight excluding hydrogens is 306 g/mol. The molecule has 0 spiro atoms.